The number of fused-ring (bicyclic) bond motifs is 1. The van der Waals surface area contributed by atoms with Crippen molar-refractivity contribution >= 4 is 22.9 Å². The van der Waals surface area contributed by atoms with E-state index in [9.17, 15) is 0 Å². The lowest BCUT2D eigenvalue weighted by molar-refractivity contribution is 0.817. The summed E-state index contributed by atoms with van der Waals surface area (Å²) in [6.45, 7) is 1.97. The van der Waals surface area contributed by atoms with E-state index in [0.29, 0.717) is 5.65 Å². The molecule has 1 aromatic carbocycles. The molecule has 2 heterocycles. The third-order valence-electron chi connectivity index (χ3n) is 2.81. The zero-order chi connectivity index (χ0) is 13.2. The number of H-pyrrole nitrogens is 1. The molecule has 0 aliphatic rings. The molecule has 96 valence electrons. The number of imidazole rings is 1. The fraction of sp³-hybridized carbons (Fsp3) is 0.154. The Labute approximate surface area is 114 Å². The summed E-state index contributed by atoms with van der Waals surface area (Å²) in [5.41, 5.74) is 8.51. The van der Waals surface area contributed by atoms with Gasteiger partial charge in [-0.25, -0.2) is 15.0 Å². The summed E-state index contributed by atoms with van der Waals surface area (Å²) in [7, 11) is 0. The molecular weight excluding hydrogens is 258 g/mol. The van der Waals surface area contributed by atoms with Crippen LogP contribution in [-0.2, 0) is 0 Å². The Balaban J connectivity index is 1.90. The summed E-state index contributed by atoms with van der Waals surface area (Å²) < 4.78 is 0. The van der Waals surface area contributed by atoms with Gasteiger partial charge in [0.1, 0.15) is 16.9 Å². The minimum absolute atomic E-state index is 0.0532. The molecule has 3 aromatic rings. The Kier molecular flexibility index (Phi) is 3.18. The second kappa shape index (κ2) is 4.99. The predicted molar refractivity (Wildman–Crippen MR) is 74.9 cm³/mol. The molecule has 19 heavy (non-hydrogen) atoms. The van der Waals surface area contributed by atoms with Crippen molar-refractivity contribution < 1.29 is 0 Å². The van der Waals surface area contributed by atoms with Gasteiger partial charge in [0.05, 0.1) is 6.33 Å². The first-order valence-corrected chi connectivity index (χ1v) is 6.73. The molecule has 0 spiro atoms. The van der Waals surface area contributed by atoms with E-state index in [2.05, 4.69) is 19.9 Å². The second-order valence-corrected chi connectivity index (χ2v) is 5.30. The van der Waals surface area contributed by atoms with Gasteiger partial charge in [0.25, 0.3) is 0 Å². The molecule has 0 fully saturated rings. The van der Waals surface area contributed by atoms with Crippen molar-refractivity contribution in [2.75, 3.05) is 0 Å². The molecule has 0 saturated heterocycles. The molecule has 6 heteroatoms. The lowest BCUT2D eigenvalue weighted by atomic mass is 10.1. The van der Waals surface area contributed by atoms with Crippen LogP contribution in [0.5, 0.6) is 0 Å². The van der Waals surface area contributed by atoms with Crippen LogP contribution in [0.15, 0.2) is 46.8 Å². The first-order valence-electron chi connectivity index (χ1n) is 5.91. The number of nitrogens with one attached hydrogen (secondary N) is 1. The Morgan fingerprint density at radius 2 is 1.95 bits per heavy atom. The number of nitrogens with two attached hydrogens (primary N) is 1. The van der Waals surface area contributed by atoms with Gasteiger partial charge in [0.2, 0.25) is 0 Å². The normalized spacial score (nSPS) is 12.7. The van der Waals surface area contributed by atoms with E-state index in [-0.39, 0.29) is 6.04 Å². The fourth-order valence-corrected chi connectivity index (χ4v) is 2.62. The van der Waals surface area contributed by atoms with Crippen molar-refractivity contribution in [3.8, 4) is 0 Å². The molecule has 0 aliphatic carbocycles. The number of hydrogen-bond acceptors (Lipinski definition) is 5. The number of aromatic amines is 1. The van der Waals surface area contributed by atoms with Gasteiger partial charge >= 0.3 is 0 Å². The van der Waals surface area contributed by atoms with Crippen LogP contribution in [0.25, 0.3) is 11.2 Å². The van der Waals surface area contributed by atoms with E-state index in [4.69, 9.17) is 5.73 Å². The van der Waals surface area contributed by atoms with Crippen LogP contribution in [0.2, 0.25) is 0 Å². The van der Waals surface area contributed by atoms with E-state index in [1.807, 2.05) is 31.2 Å². The highest BCUT2D eigenvalue weighted by Crippen LogP contribution is 2.30. The zero-order valence-electron chi connectivity index (χ0n) is 10.4. The third-order valence-corrected chi connectivity index (χ3v) is 3.82. The Morgan fingerprint density at radius 1 is 1.16 bits per heavy atom. The van der Waals surface area contributed by atoms with Crippen molar-refractivity contribution in [1.82, 2.24) is 19.9 Å². The minimum Gasteiger partial charge on any atom is -0.341 e. The maximum Gasteiger partial charge on any atom is 0.181 e. The zero-order valence-corrected chi connectivity index (χ0v) is 11.2. The number of hydrogen-bond donors (Lipinski definition) is 2. The summed E-state index contributed by atoms with van der Waals surface area (Å²) in [5, 5.41) is 0.871. The molecule has 0 unspecified atom stereocenters. The predicted octanol–water partition coefficient (Wildman–Crippen LogP) is 2.52. The third kappa shape index (κ3) is 2.45. The highest BCUT2D eigenvalue weighted by Gasteiger charge is 2.07. The smallest absolute Gasteiger partial charge is 0.181 e. The molecule has 3 rings (SSSR count). The van der Waals surface area contributed by atoms with Crippen LogP contribution in [0, 0.1) is 0 Å². The molecule has 0 bridgehead atoms. The molecule has 0 saturated carbocycles. The number of nitrogens with zero attached hydrogens (tertiary/aromatic N) is 3. The molecule has 1 atom stereocenters. The second-order valence-electron chi connectivity index (χ2n) is 4.24. The van der Waals surface area contributed by atoms with E-state index >= 15 is 0 Å². The quantitative estimate of drug-likeness (QED) is 0.715. The molecule has 2 aromatic heterocycles. The van der Waals surface area contributed by atoms with Crippen LogP contribution in [0.4, 0.5) is 0 Å². The van der Waals surface area contributed by atoms with Gasteiger partial charge in [0, 0.05) is 10.9 Å². The topological polar surface area (TPSA) is 80.5 Å². The number of benzene rings is 1. The van der Waals surface area contributed by atoms with Gasteiger partial charge in [-0.05, 0) is 24.6 Å². The molecule has 5 nitrogen and oxygen atoms in total. The summed E-state index contributed by atoms with van der Waals surface area (Å²) in [6, 6.07) is 8.23. The Bertz CT molecular complexity index is 690. The minimum atomic E-state index is 0.0532. The van der Waals surface area contributed by atoms with E-state index < -0.39 is 0 Å². The van der Waals surface area contributed by atoms with Gasteiger partial charge in [0.15, 0.2) is 5.65 Å². The average molecular weight is 271 g/mol. The molecule has 3 N–H and O–H groups in total. The molecule has 0 aliphatic heterocycles. The van der Waals surface area contributed by atoms with Gasteiger partial charge in [-0.15, -0.1) is 0 Å². The van der Waals surface area contributed by atoms with Crippen molar-refractivity contribution in [3.63, 3.8) is 0 Å². The van der Waals surface area contributed by atoms with Crippen LogP contribution >= 0.6 is 11.8 Å². The standard InChI is InChI=1S/C13H13N5S/c1-8(14)9-2-4-10(5-3-9)19-13-11-12(16-6-15-11)17-7-18-13/h2-8H,14H2,1H3,(H,15,16,17,18)/t8-/m1/s1. The van der Waals surface area contributed by atoms with Gasteiger partial charge in [-0.3, -0.25) is 0 Å². The number of aromatic nitrogens is 4. The van der Waals surface area contributed by atoms with Crippen LogP contribution < -0.4 is 5.73 Å². The highest BCUT2D eigenvalue weighted by atomic mass is 32.2. The first kappa shape index (κ1) is 12.1. The van der Waals surface area contributed by atoms with Gasteiger partial charge in [-0.2, -0.15) is 0 Å². The SMILES string of the molecule is C[C@@H](N)c1ccc(Sc2ncnc3nc[nH]c23)cc1. The number of rotatable bonds is 3. The Morgan fingerprint density at radius 3 is 2.68 bits per heavy atom. The van der Waals surface area contributed by atoms with Crippen LogP contribution in [0.1, 0.15) is 18.5 Å². The maximum atomic E-state index is 5.84. The molecular formula is C13H13N5S. The van der Waals surface area contributed by atoms with Crippen LogP contribution in [0.3, 0.4) is 0 Å². The summed E-state index contributed by atoms with van der Waals surface area (Å²) >= 11 is 1.58. The maximum absolute atomic E-state index is 5.84. The van der Waals surface area contributed by atoms with Gasteiger partial charge < -0.3 is 10.7 Å². The largest absolute Gasteiger partial charge is 0.341 e. The monoisotopic (exact) mass is 271 g/mol. The van der Waals surface area contributed by atoms with Crippen molar-refractivity contribution in [2.45, 2.75) is 22.9 Å². The molecule has 0 radical (unpaired) electrons. The fourth-order valence-electron chi connectivity index (χ4n) is 1.77. The summed E-state index contributed by atoms with van der Waals surface area (Å²) in [6.07, 6.45) is 3.16. The summed E-state index contributed by atoms with van der Waals surface area (Å²) in [5.74, 6) is 0. The summed E-state index contributed by atoms with van der Waals surface area (Å²) in [4.78, 5) is 16.7. The lowest BCUT2D eigenvalue weighted by Gasteiger charge is -2.06. The van der Waals surface area contributed by atoms with Crippen molar-refractivity contribution in [3.05, 3.63) is 42.5 Å². The lowest BCUT2D eigenvalue weighted by Crippen LogP contribution is -2.04. The van der Waals surface area contributed by atoms with Crippen molar-refractivity contribution in [2.24, 2.45) is 5.73 Å². The molecule has 0 amide bonds. The van der Waals surface area contributed by atoms with E-state index in [0.717, 1.165) is 21.0 Å². The average Bonchev–Trinajstić information content (AvgIpc) is 2.89. The van der Waals surface area contributed by atoms with E-state index in [1.165, 1.54) is 6.33 Å². The first-order chi connectivity index (χ1) is 9.24. The van der Waals surface area contributed by atoms with E-state index in [1.54, 1.807) is 18.1 Å². The Hall–Kier alpha value is -1.92. The van der Waals surface area contributed by atoms with Crippen molar-refractivity contribution in [1.29, 1.82) is 0 Å². The van der Waals surface area contributed by atoms with Crippen LogP contribution in [-0.4, -0.2) is 19.9 Å². The highest BCUT2D eigenvalue weighted by molar-refractivity contribution is 7.99. The van der Waals surface area contributed by atoms with Gasteiger partial charge in [-0.1, -0.05) is 23.9 Å².